The fourth-order valence-corrected chi connectivity index (χ4v) is 2.98. The first-order chi connectivity index (χ1) is 16.8. The Morgan fingerprint density at radius 1 is 0.914 bits per heavy atom. The smallest absolute Gasteiger partial charge is 0.338 e. The number of rotatable bonds is 9. The molecule has 0 aliphatic rings. The molecule has 11 heteroatoms. The molecule has 184 valence electrons. The third-order valence-electron chi connectivity index (χ3n) is 4.95. The molecule has 0 radical (unpaired) electrons. The predicted molar refractivity (Wildman–Crippen MR) is 122 cm³/mol. The lowest BCUT2D eigenvalue weighted by atomic mass is 10.2. The molecule has 3 rings (SSSR count). The zero-order chi connectivity index (χ0) is 25.4. The van der Waals surface area contributed by atoms with Crippen LogP contribution in [0.15, 0.2) is 47.0 Å². The Balaban J connectivity index is 1.44. The minimum atomic E-state index is -0.716. The van der Waals surface area contributed by atoms with Crippen molar-refractivity contribution in [2.24, 2.45) is 0 Å². The quantitative estimate of drug-likeness (QED) is 0.347. The number of amides is 2. The van der Waals surface area contributed by atoms with Gasteiger partial charge in [-0.3, -0.25) is 20.4 Å². The van der Waals surface area contributed by atoms with Gasteiger partial charge in [0.1, 0.15) is 18.1 Å². The Bertz CT molecular complexity index is 1180. The third kappa shape index (κ3) is 6.50. The molecule has 35 heavy (non-hydrogen) atoms. The molecule has 2 aromatic carbocycles. The molecule has 2 N–H and O–H groups in total. The van der Waals surface area contributed by atoms with Crippen LogP contribution in [0, 0.1) is 13.8 Å². The lowest BCUT2D eigenvalue weighted by Crippen LogP contribution is -2.43. The summed E-state index contributed by atoms with van der Waals surface area (Å²) in [6, 6.07) is 10.8. The Morgan fingerprint density at radius 2 is 1.60 bits per heavy atom. The van der Waals surface area contributed by atoms with Crippen molar-refractivity contribution in [2.75, 3.05) is 20.8 Å². The average molecular weight is 483 g/mol. The summed E-state index contributed by atoms with van der Waals surface area (Å²) in [4.78, 5) is 36.4. The van der Waals surface area contributed by atoms with Crippen LogP contribution in [0.4, 0.5) is 0 Å². The van der Waals surface area contributed by atoms with Crippen molar-refractivity contribution in [3.05, 3.63) is 70.6 Å². The lowest BCUT2D eigenvalue weighted by Gasteiger charge is -2.11. The van der Waals surface area contributed by atoms with Gasteiger partial charge in [0.25, 0.3) is 11.8 Å². The van der Waals surface area contributed by atoms with Crippen LogP contribution in [0.1, 0.15) is 37.7 Å². The molecule has 2 amide bonds. The van der Waals surface area contributed by atoms with Crippen LogP contribution in [0.5, 0.6) is 17.2 Å². The number of carbonyl (C=O) groups is 3. The molecule has 1 aromatic heterocycles. The van der Waals surface area contributed by atoms with Crippen LogP contribution in [-0.4, -0.2) is 43.8 Å². The normalized spacial score (nSPS) is 10.3. The molecule has 0 unspecified atom stereocenters. The highest BCUT2D eigenvalue weighted by Crippen LogP contribution is 2.27. The monoisotopic (exact) mass is 483 g/mol. The number of hydrogen-bond acceptors (Lipinski definition) is 9. The number of nitrogens with one attached hydrogen (secondary N) is 2. The second kappa shape index (κ2) is 11.5. The van der Waals surface area contributed by atoms with Gasteiger partial charge >= 0.3 is 5.97 Å². The number of ether oxygens (including phenoxy) is 4. The van der Waals surface area contributed by atoms with E-state index in [4.69, 9.17) is 23.5 Å². The summed E-state index contributed by atoms with van der Waals surface area (Å²) in [5.74, 6) is 0.0340. The maximum Gasteiger partial charge on any atom is 0.338 e. The van der Waals surface area contributed by atoms with E-state index < -0.39 is 24.4 Å². The molecule has 3 aromatic rings. The van der Waals surface area contributed by atoms with Crippen molar-refractivity contribution in [3.63, 3.8) is 0 Å². The lowest BCUT2D eigenvalue weighted by molar-refractivity contribution is -0.125. The Labute approximate surface area is 201 Å². The fourth-order valence-electron chi connectivity index (χ4n) is 2.98. The number of nitrogens with zero attached hydrogens (tertiary/aromatic N) is 1. The van der Waals surface area contributed by atoms with Crippen molar-refractivity contribution in [3.8, 4) is 17.2 Å². The largest absolute Gasteiger partial charge is 0.493 e. The van der Waals surface area contributed by atoms with Crippen molar-refractivity contribution < 1.29 is 37.9 Å². The standard InChI is InChI=1S/C24H25N3O8/c1-14-19(15(2)35-27-14)12-33-18-8-5-16(6-9-18)24(30)34-13-22(28)25-26-23(29)17-7-10-20(31-3)21(11-17)32-4/h5-11H,12-13H2,1-4H3,(H,25,28)(H,26,29). The highest BCUT2D eigenvalue weighted by atomic mass is 16.5. The van der Waals surface area contributed by atoms with E-state index in [2.05, 4.69) is 16.0 Å². The van der Waals surface area contributed by atoms with Crippen LogP contribution in [0.25, 0.3) is 0 Å². The van der Waals surface area contributed by atoms with E-state index in [1.54, 1.807) is 25.1 Å². The number of methoxy groups -OCH3 is 2. The number of aryl methyl sites for hydroxylation is 2. The number of hydrazine groups is 1. The Kier molecular flexibility index (Phi) is 8.28. The van der Waals surface area contributed by atoms with Gasteiger partial charge in [0.15, 0.2) is 18.1 Å². The molecular weight excluding hydrogens is 458 g/mol. The zero-order valence-electron chi connectivity index (χ0n) is 19.7. The summed E-state index contributed by atoms with van der Waals surface area (Å²) in [7, 11) is 2.92. The topological polar surface area (TPSA) is 138 Å². The van der Waals surface area contributed by atoms with Gasteiger partial charge in [-0.15, -0.1) is 0 Å². The number of hydrogen-bond donors (Lipinski definition) is 2. The number of esters is 1. The molecule has 0 aliphatic carbocycles. The van der Waals surface area contributed by atoms with Crippen molar-refractivity contribution in [1.29, 1.82) is 0 Å². The van der Waals surface area contributed by atoms with Crippen molar-refractivity contribution >= 4 is 17.8 Å². The molecule has 0 saturated heterocycles. The van der Waals surface area contributed by atoms with Crippen molar-refractivity contribution in [1.82, 2.24) is 16.0 Å². The van der Waals surface area contributed by atoms with E-state index >= 15 is 0 Å². The van der Waals surface area contributed by atoms with Gasteiger partial charge in [-0.2, -0.15) is 0 Å². The first-order valence-corrected chi connectivity index (χ1v) is 10.4. The average Bonchev–Trinajstić information content (AvgIpc) is 3.20. The molecule has 0 atom stereocenters. The van der Waals surface area contributed by atoms with E-state index in [0.29, 0.717) is 23.0 Å². The number of aromatic nitrogens is 1. The molecular formula is C24H25N3O8. The van der Waals surface area contributed by atoms with E-state index in [0.717, 1.165) is 11.3 Å². The SMILES string of the molecule is COc1ccc(C(=O)NNC(=O)COC(=O)c2ccc(OCc3c(C)noc3C)cc2)cc1OC. The minimum absolute atomic E-state index is 0.233. The minimum Gasteiger partial charge on any atom is -0.493 e. The fraction of sp³-hybridized carbons (Fsp3) is 0.250. The maximum atomic E-state index is 12.2. The molecule has 0 fully saturated rings. The van der Waals surface area contributed by atoms with Gasteiger partial charge in [0.2, 0.25) is 0 Å². The number of benzene rings is 2. The highest BCUT2D eigenvalue weighted by molar-refractivity contribution is 5.96. The highest BCUT2D eigenvalue weighted by Gasteiger charge is 2.14. The first kappa shape index (κ1) is 25.1. The van der Waals surface area contributed by atoms with Gasteiger partial charge in [-0.1, -0.05) is 5.16 Å². The van der Waals surface area contributed by atoms with Gasteiger partial charge in [0.05, 0.1) is 31.0 Å². The zero-order valence-corrected chi connectivity index (χ0v) is 19.7. The van der Waals surface area contributed by atoms with Gasteiger partial charge < -0.3 is 23.5 Å². The summed E-state index contributed by atoms with van der Waals surface area (Å²) >= 11 is 0. The summed E-state index contributed by atoms with van der Waals surface area (Å²) in [6.07, 6.45) is 0. The molecule has 0 spiro atoms. The van der Waals surface area contributed by atoms with Gasteiger partial charge in [0, 0.05) is 5.56 Å². The second-order valence-electron chi connectivity index (χ2n) is 7.26. The summed E-state index contributed by atoms with van der Waals surface area (Å²) < 4.78 is 26.0. The molecule has 0 bridgehead atoms. The van der Waals surface area contributed by atoms with Crippen LogP contribution in [-0.2, 0) is 16.1 Å². The molecule has 0 saturated carbocycles. The predicted octanol–water partition coefficient (Wildman–Crippen LogP) is 2.51. The van der Waals surface area contributed by atoms with Gasteiger partial charge in [-0.05, 0) is 56.3 Å². The van der Waals surface area contributed by atoms with Crippen LogP contribution >= 0.6 is 0 Å². The van der Waals surface area contributed by atoms with E-state index in [-0.39, 0.29) is 17.7 Å². The van der Waals surface area contributed by atoms with Crippen molar-refractivity contribution in [2.45, 2.75) is 20.5 Å². The van der Waals surface area contributed by atoms with E-state index in [1.807, 2.05) is 6.92 Å². The Hall–Kier alpha value is -4.54. The summed E-state index contributed by atoms with van der Waals surface area (Å²) in [5.41, 5.74) is 6.50. The summed E-state index contributed by atoms with van der Waals surface area (Å²) in [6.45, 7) is 3.32. The van der Waals surface area contributed by atoms with Crippen LogP contribution < -0.4 is 25.1 Å². The maximum absolute atomic E-state index is 12.2. The number of carbonyl (C=O) groups excluding carboxylic acids is 3. The van der Waals surface area contributed by atoms with E-state index in [1.165, 1.54) is 38.5 Å². The van der Waals surface area contributed by atoms with Crippen LogP contribution in [0.3, 0.4) is 0 Å². The molecule has 1 heterocycles. The second-order valence-corrected chi connectivity index (χ2v) is 7.26. The summed E-state index contributed by atoms with van der Waals surface area (Å²) in [5, 5.41) is 3.87. The van der Waals surface area contributed by atoms with Gasteiger partial charge in [-0.25, -0.2) is 4.79 Å². The Morgan fingerprint density at radius 3 is 2.23 bits per heavy atom. The van der Waals surface area contributed by atoms with E-state index in [9.17, 15) is 14.4 Å². The molecule has 0 aliphatic heterocycles. The first-order valence-electron chi connectivity index (χ1n) is 10.4. The third-order valence-corrected chi connectivity index (χ3v) is 4.95. The molecule has 11 nitrogen and oxygen atoms in total. The van der Waals surface area contributed by atoms with Crippen LogP contribution in [0.2, 0.25) is 0 Å².